The van der Waals surface area contributed by atoms with E-state index in [4.69, 9.17) is 0 Å². The van der Waals surface area contributed by atoms with Gasteiger partial charge in [-0.25, -0.2) is 0 Å². The predicted molar refractivity (Wildman–Crippen MR) is 101 cm³/mol. The van der Waals surface area contributed by atoms with E-state index in [-0.39, 0.29) is 11.3 Å². The van der Waals surface area contributed by atoms with Crippen LogP contribution in [0.25, 0.3) is 0 Å². The molecular formula is C20H31BN2O. The molecule has 1 aromatic rings. The third-order valence-corrected chi connectivity index (χ3v) is 5.97. The van der Waals surface area contributed by atoms with Crippen LogP contribution in [0, 0.1) is 0 Å². The summed E-state index contributed by atoms with van der Waals surface area (Å²) in [5.41, 5.74) is 1.82. The fourth-order valence-corrected chi connectivity index (χ4v) is 4.41. The highest BCUT2D eigenvalue weighted by Crippen LogP contribution is 2.34. The maximum atomic E-state index is 12.8. The second kappa shape index (κ2) is 8.18. The minimum Gasteiger partial charge on any atom is -0.353 e. The zero-order valence-corrected chi connectivity index (χ0v) is 15.2. The first-order chi connectivity index (χ1) is 11.7. The van der Waals surface area contributed by atoms with E-state index in [1.54, 1.807) is 0 Å². The first-order valence-corrected chi connectivity index (χ1v) is 9.95. The molecule has 3 rings (SSSR count). The van der Waals surface area contributed by atoms with Crippen LogP contribution in [0.4, 0.5) is 0 Å². The van der Waals surface area contributed by atoms with E-state index in [0.29, 0.717) is 11.6 Å². The van der Waals surface area contributed by atoms with Crippen molar-refractivity contribution < 1.29 is 4.79 Å². The molecule has 130 valence electrons. The molecule has 0 bridgehead atoms. The summed E-state index contributed by atoms with van der Waals surface area (Å²) in [4.78, 5) is 17.2. The highest BCUT2D eigenvalue weighted by Gasteiger charge is 2.27. The second-order valence-electron chi connectivity index (χ2n) is 8.09. The SMILES string of the molecule is BC1(NC(=O)c2cc(C3CCCC3)ccn2)CCCCCCCC1. The van der Waals surface area contributed by atoms with Crippen molar-refractivity contribution in [3.8, 4) is 0 Å². The van der Waals surface area contributed by atoms with Crippen molar-refractivity contribution in [1.29, 1.82) is 0 Å². The van der Waals surface area contributed by atoms with Crippen LogP contribution in [0.2, 0.25) is 0 Å². The summed E-state index contributed by atoms with van der Waals surface area (Å²) < 4.78 is 0. The predicted octanol–water partition coefficient (Wildman–Crippen LogP) is 3.93. The van der Waals surface area contributed by atoms with E-state index in [9.17, 15) is 4.79 Å². The topological polar surface area (TPSA) is 42.0 Å². The number of hydrogen-bond donors (Lipinski definition) is 1. The molecule has 1 aromatic heterocycles. The van der Waals surface area contributed by atoms with Crippen LogP contribution in [0.1, 0.15) is 99.0 Å². The van der Waals surface area contributed by atoms with Crippen LogP contribution in [0.5, 0.6) is 0 Å². The molecule has 1 heterocycles. The van der Waals surface area contributed by atoms with Gasteiger partial charge in [0.1, 0.15) is 13.5 Å². The molecule has 3 nitrogen and oxygen atoms in total. The number of aromatic nitrogens is 1. The number of nitrogens with one attached hydrogen (secondary N) is 1. The number of carbonyl (C=O) groups is 1. The van der Waals surface area contributed by atoms with Crippen molar-refractivity contribution in [1.82, 2.24) is 10.3 Å². The first-order valence-electron chi connectivity index (χ1n) is 9.95. The molecule has 1 amide bonds. The third-order valence-electron chi connectivity index (χ3n) is 5.97. The van der Waals surface area contributed by atoms with E-state index in [1.165, 1.54) is 69.8 Å². The van der Waals surface area contributed by atoms with Crippen molar-refractivity contribution in [3.05, 3.63) is 29.6 Å². The monoisotopic (exact) mass is 326 g/mol. The number of carbonyl (C=O) groups excluding carboxylic acids is 1. The van der Waals surface area contributed by atoms with Gasteiger partial charge in [0.2, 0.25) is 0 Å². The molecule has 0 unspecified atom stereocenters. The Hall–Kier alpha value is -1.32. The first kappa shape index (κ1) is 17.5. The molecule has 1 N–H and O–H groups in total. The van der Waals surface area contributed by atoms with Crippen LogP contribution in [0.15, 0.2) is 18.3 Å². The summed E-state index contributed by atoms with van der Waals surface area (Å²) in [6.07, 6.45) is 16.8. The minimum absolute atomic E-state index is 0.0107. The van der Waals surface area contributed by atoms with Crippen LogP contribution in [-0.4, -0.2) is 24.2 Å². The Kier molecular flexibility index (Phi) is 5.96. The molecule has 0 spiro atoms. The van der Waals surface area contributed by atoms with Crippen LogP contribution in [0.3, 0.4) is 0 Å². The van der Waals surface area contributed by atoms with E-state index >= 15 is 0 Å². The molecule has 0 radical (unpaired) electrons. The lowest BCUT2D eigenvalue weighted by Gasteiger charge is -2.31. The van der Waals surface area contributed by atoms with Crippen LogP contribution in [-0.2, 0) is 0 Å². The number of nitrogens with zero attached hydrogens (tertiary/aromatic N) is 1. The zero-order valence-electron chi connectivity index (χ0n) is 15.2. The smallest absolute Gasteiger partial charge is 0.269 e. The minimum atomic E-state index is -0.0769. The maximum absolute atomic E-state index is 12.8. The van der Waals surface area contributed by atoms with E-state index < -0.39 is 0 Å². The summed E-state index contributed by atoms with van der Waals surface area (Å²) in [7, 11) is 2.22. The van der Waals surface area contributed by atoms with Gasteiger partial charge in [0.25, 0.3) is 5.91 Å². The molecule has 2 aliphatic carbocycles. The summed E-state index contributed by atoms with van der Waals surface area (Å²) in [6.45, 7) is 0. The van der Waals surface area contributed by atoms with Crippen LogP contribution < -0.4 is 5.32 Å². The molecule has 4 heteroatoms. The maximum Gasteiger partial charge on any atom is 0.269 e. The van der Waals surface area contributed by atoms with Gasteiger partial charge in [-0.3, -0.25) is 9.78 Å². The Labute approximate surface area is 147 Å². The van der Waals surface area contributed by atoms with E-state index in [0.717, 1.165) is 12.8 Å². The Bertz CT molecular complexity index is 544. The Morgan fingerprint density at radius 3 is 2.33 bits per heavy atom. The van der Waals surface area contributed by atoms with Crippen molar-refractivity contribution in [3.63, 3.8) is 0 Å². The van der Waals surface area contributed by atoms with Gasteiger partial charge in [-0.05, 0) is 49.3 Å². The fraction of sp³-hybridized carbons (Fsp3) is 0.700. The van der Waals surface area contributed by atoms with Gasteiger partial charge in [0.05, 0.1) is 0 Å². The average molecular weight is 326 g/mol. The lowest BCUT2D eigenvalue weighted by atomic mass is 9.70. The van der Waals surface area contributed by atoms with Gasteiger partial charge in [-0.1, -0.05) is 51.4 Å². The standard InChI is InChI=1S/C20H31BN2O/c21-20(12-7-3-1-2-4-8-13-20)23-19(24)18-15-17(11-14-22-18)16-9-5-6-10-16/h11,14-16H,1-10,12-13,21H2,(H,23,24). The highest BCUT2D eigenvalue weighted by molar-refractivity contribution is 6.17. The molecule has 0 aliphatic heterocycles. The van der Waals surface area contributed by atoms with Crippen molar-refractivity contribution in [2.24, 2.45) is 0 Å². The molecule has 0 aromatic carbocycles. The Morgan fingerprint density at radius 2 is 1.67 bits per heavy atom. The molecule has 24 heavy (non-hydrogen) atoms. The Balaban J connectivity index is 1.67. The van der Waals surface area contributed by atoms with Crippen molar-refractivity contribution >= 4 is 13.8 Å². The molecule has 2 fully saturated rings. The van der Waals surface area contributed by atoms with Gasteiger partial charge in [0, 0.05) is 11.6 Å². The summed E-state index contributed by atoms with van der Waals surface area (Å²) >= 11 is 0. The third kappa shape index (κ3) is 4.61. The molecular weight excluding hydrogens is 295 g/mol. The number of hydrogen-bond acceptors (Lipinski definition) is 2. The Morgan fingerprint density at radius 1 is 1.04 bits per heavy atom. The van der Waals surface area contributed by atoms with Crippen molar-refractivity contribution in [2.75, 3.05) is 0 Å². The fourth-order valence-electron chi connectivity index (χ4n) is 4.41. The van der Waals surface area contributed by atoms with Gasteiger partial charge < -0.3 is 5.32 Å². The largest absolute Gasteiger partial charge is 0.353 e. The molecule has 2 aliphatic rings. The number of amides is 1. The lowest BCUT2D eigenvalue weighted by Crippen LogP contribution is -2.49. The molecule has 0 atom stereocenters. The highest BCUT2D eigenvalue weighted by atomic mass is 16.2. The average Bonchev–Trinajstić information content (AvgIpc) is 3.13. The van der Waals surface area contributed by atoms with Crippen LogP contribution >= 0.6 is 0 Å². The van der Waals surface area contributed by atoms with Gasteiger partial charge in [-0.2, -0.15) is 0 Å². The van der Waals surface area contributed by atoms with Gasteiger partial charge in [-0.15, -0.1) is 0 Å². The van der Waals surface area contributed by atoms with Gasteiger partial charge >= 0.3 is 0 Å². The van der Waals surface area contributed by atoms with E-state index in [1.807, 2.05) is 12.3 Å². The van der Waals surface area contributed by atoms with E-state index in [2.05, 4.69) is 24.2 Å². The number of rotatable bonds is 3. The van der Waals surface area contributed by atoms with Crippen molar-refractivity contribution in [2.45, 2.75) is 88.4 Å². The lowest BCUT2D eigenvalue weighted by molar-refractivity contribution is 0.0914. The molecule has 0 saturated heterocycles. The summed E-state index contributed by atoms with van der Waals surface area (Å²) in [6, 6.07) is 4.12. The number of pyridine rings is 1. The van der Waals surface area contributed by atoms with Gasteiger partial charge in [0.15, 0.2) is 0 Å². The quantitative estimate of drug-likeness (QED) is 0.855. The summed E-state index contributed by atoms with van der Waals surface area (Å²) in [5.74, 6) is 0.636. The normalized spacial score (nSPS) is 22.3. The molecule has 2 saturated carbocycles. The second-order valence-corrected chi connectivity index (χ2v) is 8.09. The zero-order chi connectivity index (χ0) is 16.8. The summed E-state index contributed by atoms with van der Waals surface area (Å²) in [5, 5.41) is 3.32.